The van der Waals surface area contributed by atoms with Crippen molar-refractivity contribution in [1.82, 2.24) is 10.2 Å². The summed E-state index contributed by atoms with van der Waals surface area (Å²) in [6.07, 6.45) is 1.14. The van der Waals surface area contributed by atoms with Gasteiger partial charge in [0.05, 0.1) is 0 Å². The zero-order valence-electron chi connectivity index (χ0n) is 11.8. The van der Waals surface area contributed by atoms with E-state index in [9.17, 15) is 4.39 Å². The summed E-state index contributed by atoms with van der Waals surface area (Å²) in [6, 6.07) is 5.50. The van der Waals surface area contributed by atoms with Crippen LogP contribution in [0.4, 0.5) is 4.39 Å². The molecule has 19 heavy (non-hydrogen) atoms. The number of nitrogens with one attached hydrogen (secondary N) is 1. The fraction of sp³-hybridized carbons (Fsp3) is 0.600. The minimum Gasteiger partial charge on any atom is -0.311 e. The number of piperazine rings is 1. The zero-order valence-corrected chi connectivity index (χ0v) is 13.4. The normalized spacial score (nSPS) is 23.5. The Bertz CT molecular complexity index is 448. The van der Waals surface area contributed by atoms with Crippen LogP contribution < -0.4 is 5.32 Å². The number of benzene rings is 1. The molecule has 1 heterocycles. The van der Waals surface area contributed by atoms with Gasteiger partial charge in [-0.25, -0.2) is 4.39 Å². The quantitative estimate of drug-likeness (QED) is 0.912. The summed E-state index contributed by atoms with van der Waals surface area (Å²) in [6.45, 7) is 9.60. The molecule has 1 saturated heterocycles. The van der Waals surface area contributed by atoms with Crippen LogP contribution in [0, 0.1) is 5.82 Å². The predicted octanol–water partition coefficient (Wildman–Crippen LogP) is 3.55. The molecular formula is C15H22BrFN2. The smallest absolute Gasteiger partial charge is 0.124 e. The lowest BCUT2D eigenvalue weighted by Crippen LogP contribution is -2.61. The summed E-state index contributed by atoms with van der Waals surface area (Å²) in [5.41, 5.74) is 1.27. The van der Waals surface area contributed by atoms with Gasteiger partial charge in [0, 0.05) is 35.7 Å². The van der Waals surface area contributed by atoms with Gasteiger partial charge in [-0.15, -0.1) is 0 Å². The molecule has 106 valence electrons. The Hall–Kier alpha value is -0.450. The van der Waals surface area contributed by atoms with E-state index in [2.05, 4.69) is 46.9 Å². The van der Waals surface area contributed by atoms with Crippen LogP contribution >= 0.6 is 15.9 Å². The third kappa shape index (κ3) is 3.56. The molecule has 2 rings (SSSR count). The van der Waals surface area contributed by atoms with Crippen molar-refractivity contribution in [3.63, 3.8) is 0 Å². The SMILES string of the molecule is CCC1CN(Cc2ccc(F)cc2Br)C(C)(C)CN1. The molecule has 0 spiro atoms. The number of halogens is 2. The number of hydrogen-bond donors (Lipinski definition) is 1. The molecule has 0 radical (unpaired) electrons. The fourth-order valence-electron chi connectivity index (χ4n) is 2.49. The summed E-state index contributed by atoms with van der Waals surface area (Å²) < 4.78 is 14.0. The van der Waals surface area contributed by atoms with E-state index in [4.69, 9.17) is 0 Å². The summed E-state index contributed by atoms with van der Waals surface area (Å²) in [4.78, 5) is 2.48. The summed E-state index contributed by atoms with van der Waals surface area (Å²) in [5, 5.41) is 3.59. The average molecular weight is 329 g/mol. The van der Waals surface area contributed by atoms with Gasteiger partial charge in [0.2, 0.25) is 0 Å². The second-order valence-corrected chi connectivity index (χ2v) is 6.77. The second kappa shape index (κ2) is 5.90. The van der Waals surface area contributed by atoms with Crippen LogP contribution in [0.1, 0.15) is 32.8 Å². The van der Waals surface area contributed by atoms with E-state index >= 15 is 0 Å². The summed E-state index contributed by atoms with van der Waals surface area (Å²) >= 11 is 3.46. The fourth-order valence-corrected chi connectivity index (χ4v) is 2.97. The Morgan fingerprint density at radius 1 is 1.47 bits per heavy atom. The predicted molar refractivity (Wildman–Crippen MR) is 80.7 cm³/mol. The number of nitrogens with zero attached hydrogens (tertiary/aromatic N) is 1. The Kier molecular flexibility index (Phi) is 4.64. The molecular weight excluding hydrogens is 307 g/mol. The Morgan fingerprint density at radius 3 is 2.84 bits per heavy atom. The Balaban J connectivity index is 2.15. The number of rotatable bonds is 3. The molecule has 1 fully saturated rings. The van der Waals surface area contributed by atoms with Crippen LogP contribution in [-0.4, -0.2) is 29.6 Å². The zero-order chi connectivity index (χ0) is 14.0. The maximum absolute atomic E-state index is 13.1. The van der Waals surface area contributed by atoms with Crippen molar-refractivity contribution in [1.29, 1.82) is 0 Å². The molecule has 2 nitrogen and oxygen atoms in total. The molecule has 1 aromatic carbocycles. The first-order valence-electron chi connectivity index (χ1n) is 6.84. The minimum atomic E-state index is -0.193. The van der Waals surface area contributed by atoms with Gasteiger partial charge in [-0.05, 0) is 38.0 Å². The first-order valence-corrected chi connectivity index (χ1v) is 7.64. The lowest BCUT2D eigenvalue weighted by Gasteiger charge is -2.46. The van der Waals surface area contributed by atoms with Crippen molar-refractivity contribution in [3.05, 3.63) is 34.1 Å². The van der Waals surface area contributed by atoms with Crippen LogP contribution in [0.5, 0.6) is 0 Å². The Morgan fingerprint density at radius 2 is 2.21 bits per heavy atom. The molecule has 1 N–H and O–H groups in total. The first-order chi connectivity index (χ1) is 8.92. The lowest BCUT2D eigenvalue weighted by molar-refractivity contribution is 0.0575. The highest BCUT2D eigenvalue weighted by Gasteiger charge is 2.33. The van der Waals surface area contributed by atoms with Gasteiger partial charge in [-0.3, -0.25) is 4.90 Å². The van der Waals surface area contributed by atoms with E-state index in [0.717, 1.165) is 36.1 Å². The van der Waals surface area contributed by atoms with E-state index in [1.807, 2.05) is 6.07 Å². The van der Waals surface area contributed by atoms with Crippen LogP contribution in [0.25, 0.3) is 0 Å². The highest BCUT2D eigenvalue weighted by Crippen LogP contribution is 2.26. The van der Waals surface area contributed by atoms with Crippen LogP contribution in [-0.2, 0) is 6.54 Å². The van der Waals surface area contributed by atoms with Crippen LogP contribution in [0.3, 0.4) is 0 Å². The summed E-state index contributed by atoms with van der Waals surface area (Å²) in [5.74, 6) is -0.193. The molecule has 0 bridgehead atoms. The lowest BCUT2D eigenvalue weighted by atomic mass is 9.95. The van der Waals surface area contributed by atoms with Gasteiger partial charge in [0.15, 0.2) is 0 Å². The monoisotopic (exact) mass is 328 g/mol. The van der Waals surface area contributed by atoms with E-state index in [1.54, 1.807) is 6.07 Å². The van der Waals surface area contributed by atoms with Gasteiger partial charge in [0.1, 0.15) is 5.82 Å². The van der Waals surface area contributed by atoms with Crippen molar-refractivity contribution in [3.8, 4) is 0 Å². The number of hydrogen-bond acceptors (Lipinski definition) is 2. The molecule has 1 atom stereocenters. The van der Waals surface area contributed by atoms with Crippen molar-refractivity contribution in [2.45, 2.75) is 45.3 Å². The second-order valence-electron chi connectivity index (χ2n) is 5.91. The third-order valence-electron chi connectivity index (χ3n) is 3.99. The molecule has 0 amide bonds. The molecule has 1 aromatic rings. The van der Waals surface area contributed by atoms with Gasteiger partial charge >= 0.3 is 0 Å². The van der Waals surface area contributed by atoms with E-state index in [1.165, 1.54) is 6.07 Å². The Labute approximate surface area is 123 Å². The summed E-state index contributed by atoms with van der Waals surface area (Å²) in [7, 11) is 0. The van der Waals surface area contributed by atoms with E-state index < -0.39 is 0 Å². The van der Waals surface area contributed by atoms with Crippen molar-refractivity contribution in [2.24, 2.45) is 0 Å². The van der Waals surface area contributed by atoms with Crippen molar-refractivity contribution >= 4 is 15.9 Å². The van der Waals surface area contributed by atoms with Gasteiger partial charge < -0.3 is 5.32 Å². The van der Waals surface area contributed by atoms with Gasteiger partial charge in [-0.1, -0.05) is 28.9 Å². The molecule has 0 aromatic heterocycles. The third-order valence-corrected chi connectivity index (χ3v) is 4.73. The molecule has 0 aliphatic carbocycles. The standard InChI is InChI=1S/C15H22BrFN2/c1-4-13-9-19(15(2,3)10-18-13)8-11-5-6-12(17)7-14(11)16/h5-7,13,18H,4,8-10H2,1-3H3. The van der Waals surface area contributed by atoms with E-state index in [-0.39, 0.29) is 11.4 Å². The average Bonchev–Trinajstić information content (AvgIpc) is 2.34. The topological polar surface area (TPSA) is 15.3 Å². The van der Waals surface area contributed by atoms with Crippen LogP contribution in [0.15, 0.2) is 22.7 Å². The first kappa shape index (κ1) is 14.9. The highest BCUT2D eigenvalue weighted by molar-refractivity contribution is 9.10. The molecule has 0 saturated carbocycles. The van der Waals surface area contributed by atoms with Crippen molar-refractivity contribution < 1.29 is 4.39 Å². The highest BCUT2D eigenvalue weighted by atomic mass is 79.9. The van der Waals surface area contributed by atoms with Gasteiger partial charge in [-0.2, -0.15) is 0 Å². The van der Waals surface area contributed by atoms with E-state index in [0.29, 0.717) is 6.04 Å². The van der Waals surface area contributed by atoms with Crippen LogP contribution in [0.2, 0.25) is 0 Å². The molecule has 1 aliphatic rings. The largest absolute Gasteiger partial charge is 0.311 e. The molecule has 1 unspecified atom stereocenters. The minimum absolute atomic E-state index is 0.125. The molecule has 4 heteroatoms. The maximum atomic E-state index is 13.1. The maximum Gasteiger partial charge on any atom is 0.124 e. The van der Waals surface area contributed by atoms with Gasteiger partial charge in [0.25, 0.3) is 0 Å². The van der Waals surface area contributed by atoms with Crippen molar-refractivity contribution in [2.75, 3.05) is 13.1 Å². The molecule has 1 aliphatic heterocycles.